The lowest BCUT2D eigenvalue weighted by molar-refractivity contribution is -0.117. The van der Waals surface area contributed by atoms with E-state index in [0.29, 0.717) is 18.7 Å². The van der Waals surface area contributed by atoms with Crippen LogP contribution in [0.1, 0.15) is 13.3 Å². The standard InChI is InChI=1S/C12H13BrN2O2S/c1-8(16)18-7-9-4-12(17)15(6-9)11-2-3-14-5-10(11)13/h2-3,5,9H,4,6-7H2,1H3. The Hall–Kier alpha value is -0.880. The molecule has 0 saturated carbocycles. The Morgan fingerprint density at radius 1 is 1.67 bits per heavy atom. The molecule has 0 bridgehead atoms. The summed E-state index contributed by atoms with van der Waals surface area (Å²) in [4.78, 5) is 28.7. The number of thioether (sulfide) groups is 1. The van der Waals surface area contributed by atoms with Crippen molar-refractivity contribution in [3.8, 4) is 0 Å². The molecule has 4 nitrogen and oxygen atoms in total. The van der Waals surface area contributed by atoms with Gasteiger partial charge >= 0.3 is 0 Å². The Bertz CT molecular complexity index is 481. The summed E-state index contributed by atoms with van der Waals surface area (Å²) in [5.41, 5.74) is 0.852. The van der Waals surface area contributed by atoms with Crippen molar-refractivity contribution in [2.75, 3.05) is 17.2 Å². The van der Waals surface area contributed by atoms with Crippen LogP contribution >= 0.6 is 27.7 Å². The molecule has 1 fully saturated rings. The van der Waals surface area contributed by atoms with Crippen molar-refractivity contribution in [3.63, 3.8) is 0 Å². The average molecular weight is 329 g/mol. The van der Waals surface area contributed by atoms with Crippen molar-refractivity contribution in [1.29, 1.82) is 0 Å². The van der Waals surface area contributed by atoms with E-state index in [1.807, 2.05) is 6.07 Å². The van der Waals surface area contributed by atoms with Gasteiger partial charge in [-0.25, -0.2) is 0 Å². The van der Waals surface area contributed by atoms with Gasteiger partial charge in [-0.15, -0.1) is 0 Å². The van der Waals surface area contributed by atoms with Gasteiger partial charge in [0.25, 0.3) is 0 Å². The van der Waals surface area contributed by atoms with Gasteiger partial charge in [-0.2, -0.15) is 0 Å². The lowest BCUT2D eigenvalue weighted by Gasteiger charge is -2.17. The van der Waals surface area contributed by atoms with Gasteiger partial charge in [0.1, 0.15) is 0 Å². The molecule has 1 aliphatic heterocycles. The molecule has 96 valence electrons. The molecule has 18 heavy (non-hydrogen) atoms. The van der Waals surface area contributed by atoms with Crippen LogP contribution in [-0.4, -0.2) is 28.3 Å². The Kier molecular flexibility index (Phi) is 4.40. The molecule has 0 N–H and O–H groups in total. The third kappa shape index (κ3) is 3.11. The van der Waals surface area contributed by atoms with E-state index in [1.54, 1.807) is 24.2 Å². The van der Waals surface area contributed by atoms with E-state index in [9.17, 15) is 9.59 Å². The maximum absolute atomic E-state index is 12.0. The largest absolute Gasteiger partial charge is 0.311 e. The van der Waals surface area contributed by atoms with Crippen molar-refractivity contribution in [1.82, 2.24) is 4.98 Å². The highest BCUT2D eigenvalue weighted by Crippen LogP contribution is 2.31. The quantitative estimate of drug-likeness (QED) is 0.855. The summed E-state index contributed by atoms with van der Waals surface area (Å²) >= 11 is 4.69. The van der Waals surface area contributed by atoms with Gasteiger partial charge in [0, 0.05) is 38.0 Å². The van der Waals surface area contributed by atoms with Gasteiger partial charge in [-0.3, -0.25) is 14.6 Å². The molecular weight excluding hydrogens is 316 g/mol. The number of hydrogen-bond acceptors (Lipinski definition) is 4. The summed E-state index contributed by atoms with van der Waals surface area (Å²) in [5, 5.41) is 0.103. The van der Waals surface area contributed by atoms with E-state index in [-0.39, 0.29) is 16.9 Å². The molecule has 0 radical (unpaired) electrons. The Morgan fingerprint density at radius 2 is 2.44 bits per heavy atom. The first kappa shape index (κ1) is 13.5. The Labute approximate surface area is 118 Å². The molecule has 2 heterocycles. The number of pyridine rings is 1. The normalized spacial score (nSPS) is 19.3. The summed E-state index contributed by atoms with van der Waals surface area (Å²) < 4.78 is 0.818. The summed E-state index contributed by atoms with van der Waals surface area (Å²) in [6.07, 6.45) is 3.86. The predicted octanol–water partition coefficient (Wildman–Crippen LogP) is 2.48. The van der Waals surface area contributed by atoms with E-state index in [4.69, 9.17) is 0 Å². The topological polar surface area (TPSA) is 50.3 Å². The number of halogens is 1. The van der Waals surface area contributed by atoms with E-state index >= 15 is 0 Å². The second kappa shape index (κ2) is 5.84. The van der Waals surface area contributed by atoms with Crippen LogP contribution in [0.5, 0.6) is 0 Å². The first-order valence-electron chi connectivity index (χ1n) is 5.61. The summed E-state index contributed by atoms with van der Waals surface area (Å²) in [6.45, 7) is 2.22. The predicted molar refractivity (Wildman–Crippen MR) is 75.5 cm³/mol. The molecular formula is C12H13BrN2O2S. The molecule has 1 aromatic heterocycles. The lowest BCUT2D eigenvalue weighted by Crippen LogP contribution is -2.25. The van der Waals surface area contributed by atoms with Gasteiger partial charge in [0.2, 0.25) is 5.91 Å². The smallest absolute Gasteiger partial charge is 0.227 e. The van der Waals surface area contributed by atoms with Crippen molar-refractivity contribution < 1.29 is 9.59 Å². The molecule has 6 heteroatoms. The van der Waals surface area contributed by atoms with Crippen molar-refractivity contribution in [2.45, 2.75) is 13.3 Å². The van der Waals surface area contributed by atoms with Gasteiger partial charge in [-0.1, -0.05) is 11.8 Å². The maximum atomic E-state index is 12.0. The number of rotatable bonds is 3. The Morgan fingerprint density at radius 3 is 3.11 bits per heavy atom. The van der Waals surface area contributed by atoms with Crippen LogP contribution in [0.4, 0.5) is 5.69 Å². The molecule has 0 spiro atoms. The highest BCUT2D eigenvalue weighted by atomic mass is 79.9. The number of amides is 1. The van der Waals surface area contributed by atoms with Crippen molar-refractivity contribution >= 4 is 44.4 Å². The van der Waals surface area contributed by atoms with E-state index in [2.05, 4.69) is 20.9 Å². The summed E-state index contributed by atoms with van der Waals surface area (Å²) in [5.74, 6) is 1.06. The van der Waals surface area contributed by atoms with Gasteiger partial charge in [0.15, 0.2) is 5.12 Å². The zero-order valence-electron chi connectivity index (χ0n) is 9.93. The van der Waals surface area contributed by atoms with E-state index in [0.717, 1.165) is 10.2 Å². The highest BCUT2D eigenvalue weighted by Gasteiger charge is 2.31. The van der Waals surface area contributed by atoms with Crippen LogP contribution in [0.2, 0.25) is 0 Å². The monoisotopic (exact) mass is 328 g/mol. The fraction of sp³-hybridized carbons (Fsp3) is 0.417. The fourth-order valence-corrected chi connectivity index (χ4v) is 3.11. The molecule has 0 aromatic carbocycles. The summed E-state index contributed by atoms with van der Waals surface area (Å²) in [6, 6.07) is 1.82. The third-order valence-corrected chi connectivity index (χ3v) is 4.42. The van der Waals surface area contributed by atoms with Gasteiger partial charge in [0.05, 0.1) is 10.2 Å². The first-order valence-corrected chi connectivity index (χ1v) is 7.39. The molecule has 1 saturated heterocycles. The van der Waals surface area contributed by atoms with Crippen LogP contribution in [0.25, 0.3) is 0 Å². The SMILES string of the molecule is CC(=O)SCC1CC(=O)N(c2ccncc2Br)C1. The number of aromatic nitrogens is 1. The summed E-state index contributed by atoms with van der Waals surface area (Å²) in [7, 11) is 0. The minimum absolute atomic E-state index is 0.103. The fourth-order valence-electron chi connectivity index (χ4n) is 1.95. The number of hydrogen-bond donors (Lipinski definition) is 0. The molecule has 2 rings (SSSR count). The minimum atomic E-state index is 0.103. The molecule has 1 atom stereocenters. The van der Waals surface area contributed by atoms with Crippen LogP contribution in [0.15, 0.2) is 22.9 Å². The zero-order valence-corrected chi connectivity index (χ0v) is 12.3. The van der Waals surface area contributed by atoms with Crippen LogP contribution in [0, 0.1) is 5.92 Å². The Balaban J connectivity index is 2.06. The average Bonchev–Trinajstić information content (AvgIpc) is 2.69. The second-order valence-electron chi connectivity index (χ2n) is 4.20. The molecule has 1 unspecified atom stereocenters. The van der Waals surface area contributed by atoms with Crippen LogP contribution in [-0.2, 0) is 9.59 Å². The molecule has 1 amide bonds. The number of carbonyl (C=O) groups excluding carboxylic acids is 2. The van der Waals surface area contributed by atoms with Gasteiger partial charge < -0.3 is 4.90 Å². The zero-order chi connectivity index (χ0) is 13.1. The van der Waals surface area contributed by atoms with E-state index in [1.165, 1.54) is 11.8 Å². The number of nitrogens with zero attached hydrogens (tertiary/aromatic N) is 2. The van der Waals surface area contributed by atoms with E-state index < -0.39 is 0 Å². The van der Waals surface area contributed by atoms with Crippen LogP contribution < -0.4 is 4.90 Å². The molecule has 1 aromatic rings. The van der Waals surface area contributed by atoms with Crippen molar-refractivity contribution in [2.24, 2.45) is 5.92 Å². The molecule has 0 aliphatic carbocycles. The van der Waals surface area contributed by atoms with Crippen LogP contribution in [0.3, 0.4) is 0 Å². The lowest BCUT2D eigenvalue weighted by atomic mass is 10.1. The maximum Gasteiger partial charge on any atom is 0.227 e. The third-order valence-electron chi connectivity index (χ3n) is 2.77. The number of carbonyl (C=O) groups is 2. The minimum Gasteiger partial charge on any atom is -0.311 e. The number of anilines is 1. The molecule has 1 aliphatic rings. The van der Waals surface area contributed by atoms with Crippen molar-refractivity contribution in [3.05, 3.63) is 22.9 Å². The second-order valence-corrected chi connectivity index (χ2v) is 6.26. The highest BCUT2D eigenvalue weighted by molar-refractivity contribution is 9.10. The van der Waals surface area contributed by atoms with Gasteiger partial charge in [-0.05, 0) is 27.9 Å². The first-order chi connectivity index (χ1) is 8.58.